The third kappa shape index (κ3) is 4.14. The number of nitrogens with zero attached hydrogens (tertiary/aromatic N) is 2. The molecule has 33 heavy (non-hydrogen) atoms. The second kappa shape index (κ2) is 9.38. The molecule has 0 bridgehead atoms. The van der Waals surface area contributed by atoms with Crippen LogP contribution >= 0.6 is 0 Å². The Labute approximate surface area is 195 Å². The fourth-order valence-corrected chi connectivity index (χ4v) is 5.18. The molecule has 1 saturated heterocycles. The minimum Gasteiger partial charge on any atom is -0.507 e. The molecular formula is C27H32N2O4. The van der Waals surface area contributed by atoms with Crippen molar-refractivity contribution in [2.75, 3.05) is 7.11 Å². The van der Waals surface area contributed by atoms with E-state index < -0.39 is 17.7 Å². The van der Waals surface area contributed by atoms with Crippen molar-refractivity contribution in [3.63, 3.8) is 0 Å². The molecule has 0 radical (unpaired) electrons. The smallest absolute Gasteiger partial charge is 0.295 e. The van der Waals surface area contributed by atoms with Gasteiger partial charge < -0.3 is 14.7 Å². The second-order valence-corrected chi connectivity index (χ2v) is 9.35. The fraction of sp³-hybridized carbons (Fsp3) is 0.444. The van der Waals surface area contributed by atoms with Crippen LogP contribution in [0.3, 0.4) is 0 Å². The summed E-state index contributed by atoms with van der Waals surface area (Å²) in [6.45, 7) is 5.97. The van der Waals surface area contributed by atoms with Crippen molar-refractivity contribution in [1.82, 2.24) is 9.88 Å². The summed E-state index contributed by atoms with van der Waals surface area (Å²) in [5, 5.41) is 11.5. The number of pyridine rings is 1. The minimum absolute atomic E-state index is 0.0195. The summed E-state index contributed by atoms with van der Waals surface area (Å²) in [6.07, 6.45) is 8.28. The molecule has 1 aromatic carbocycles. The number of carbonyl (C=O) groups is 2. The molecule has 4 rings (SSSR count). The van der Waals surface area contributed by atoms with Crippen LogP contribution in [0.1, 0.15) is 80.2 Å². The number of aromatic nitrogens is 1. The number of aliphatic hydroxyl groups is 1. The zero-order valence-electron chi connectivity index (χ0n) is 19.8. The number of benzene rings is 1. The van der Waals surface area contributed by atoms with Crippen LogP contribution in [0.5, 0.6) is 5.75 Å². The van der Waals surface area contributed by atoms with Crippen LogP contribution in [0.25, 0.3) is 5.76 Å². The van der Waals surface area contributed by atoms with Gasteiger partial charge in [0.1, 0.15) is 11.5 Å². The van der Waals surface area contributed by atoms with Crippen molar-refractivity contribution < 1.29 is 19.4 Å². The molecule has 6 nitrogen and oxygen atoms in total. The van der Waals surface area contributed by atoms with Crippen molar-refractivity contribution in [3.8, 4) is 5.75 Å². The standard InChI is InChI=1S/C27H32N2O4/c1-16(2)20-14-21(17(3)13-22(20)33-4)25(30)23-24(18-9-8-12-28-15-18)29(27(32)26(23)31)19-10-6-5-7-11-19/h8-9,12-16,19,24,30H,5-7,10-11H2,1-4H3/b25-23+. The Bertz CT molecular complexity index is 1080. The van der Waals surface area contributed by atoms with E-state index >= 15 is 0 Å². The number of hydrogen-bond donors (Lipinski definition) is 1. The van der Waals surface area contributed by atoms with Crippen LogP contribution in [-0.4, -0.2) is 39.8 Å². The molecule has 1 amide bonds. The molecule has 1 saturated carbocycles. The molecule has 6 heteroatoms. The summed E-state index contributed by atoms with van der Waals surface area (Å²) in [7, 11) is 1.62. The van der Waals surface area contributed by atoms with E-state index in [0.717, 1.165) is 54.5 Å². The van der Waals surface area contributed by atoms with Crippen molar-refractivity contribution in [2.24, 2.45) is 0 Å². The van der Waals surface area contributed by atoms with E-state index in [1.807, 2.05) is 25.1 Å². The first-order chi connectivity index (χ1) is 15.8. The molecule has 0 spiro atoms. The number of aryl methyl sites for hydroxylation is 1. The lowest BCUT2D eigenvalue weighted by Gasteiger charge is -2.35. The van der Waals surface area contributed by atoms with E-state index in [1.54, 1.807) is 30.5 Å². The van der Waals surface area contributed by atoms with Gasteiger partial charge in [-0.05, 0) is 60.6 Å². The lowest BCUT2D eigenvalue weighted by atomic mass is 9.90. The second-order valence-electron chi connectivity index (χ2n) is 9.35. The number of Topliss-reactive ketones (excluding diaryl/α,β-unsaturated/α-hetero) is 1. The van der Waals surface area contributed by atoms with Gasteiger partial charge in [-0.15, -0.1) is 0 Å². The van der Waals surface area contributed by atoms with Crippen LogP contribution in [0.2, 0.25) is 0 Å². The summed E-state index contributed by atoms with van der Waals surface area (Å²) < 4.78 is 5.54. The molecule has 2 aromatic rings. The minimum atomic E-state index is -0.647. The number of ketones is 1. The van der Waals surface area contributed by atoms with Crippen LogP contribution < -0.4 is 4.74 Å². The highest BCUT2D eigenvalue weighted by Crippen LogP contribution is 2.44. The highest BCUT2D eigenvalue weighted by Gasteiger charge is 2.49. The normalized spacial score (nSPS) is 21.1. The number of methoxy groups -OCH3 is 1. The van der Waals surface area contributed by atoms with E-state index in [1.165, 1.54) is 0 Å². The highest BCUT2D eigenvalue weighted by atomic mass is 16.5. The van der Waals surface area contributed by atoms with E-state index in [9.17, 15) is 14.7 Å². The first-order valence-electron chi connectivity index (χ1n) is 11.7. The zero-order chi connectivity index (χ0) is 23.7. The molecule has 1 aromatic heterocycles. The van der Waals surface area contributed by atoms with Gasteiger partial charge in [0.15, 0.2) is 0 Å². The van der Waals surface area contributed by atoms with Gasteiger partial charge in [0.2, 0.25) is 0 Å². The number of ether oxygens (including phenoxy) is 1. The first-order valence-corrected chi connectivity index (χ1v) is 11.7. The third-order valence-corrected chi connectivity index (χ3v) is 6.90. The fourth-order valence-electron chi connectivity index (χ4n) is 5.18. The molecule has 174 valence electrons. The third-order valence-electron chi connectivity index (χ3n) is 6.90. The molecule has 2 aliphatic rings. The van der Waals surface area contributed by atoms with Gasteiger partial charge in [0.05, 0.1) is 18.7 Å². The summed E-state index contributed by atoms with van der Waals surface area (Å²) in [4.78, 5) is 32.6. The molecule has 2 heterocycles. The molecule has 1 aliphatic carbocycles. The lowest BCUT2D eigenvalue weighted by Crippen LogP contribution is -2.40. The maximum absolute atomic E-state index is 13.4. The summed E-state index contributed by atoms with van der Waals surface area (Å²) in [6, 6.07) is 6.75. The Morgan fingerprint density at radius 3 is 2.52 bits per heavy atom. The summed E-state index contributed by atoms with van der Waals surface area (Å²) in [5.41, 5.74) is 3.14. The van der Waals surface area contributed by atoms with Gasteiger partial charge in [-0.2, -0.15) is 0 Å². The van der Waals surface area contributed by atoms with Crippen molar-refractivity contribution >= 4 is 17.4 Å². The molecular weight excluding hydrogens is 416 g/mol. The number of amides is 1. The Kier molecular flexibility index (Phi) is 6.54. The van der Waals surface area contributed by atoms with Crippen molar-refractivity contribution in [1.29, 1.82) is 0 Å². The molecule has 1 N–H and O–H groups in total. The van der Waals surface area contributed by atoms with E-state index in [4.69, 9.17) is 4.74 Å². The molecule has 1 aliphatic heterocycles. The maximum Gasteiger partial charge on any atom is 0.295 e. The van der Waals surface area contributed by atoms with Gasteiger partial charge in [-0.1, -0.05) is 39.2 Å². The largest absolute Gasteiger partial charge is 0.507 e. The lowest BCUT2D eigenvalue weighted by molar-refractivity contribution is -0.141. The Morgan fingerprint density at radius 2 is 1.91 bits per heavy atom. The monoisotopic (exact) mass is 448 g/mol. The highest BCUT2D eigenvalue weighted by molar-refractivity contribution is 6.46. The van der Waals surface area contributed by atoms with Crippen LogP contribution in [0.4, 0.5) is 0 Å². The van der Waals surface area contributed by atoms with Gasteiger partial charge in [-0.3, -0.25) is 14.6 Å². The van der Waals surface area contributed by atoms with Crippen molar-refractivity contribution in [2.45, 2.75) is 70.9 Å². The number of carbonyl (C=O) groups excluding carboxylic acids is 2. The summed E-state index contributed by atoms with van der Waals surface area (Å²) in [5.74, 6) is -0.403. The number of aliphatic hydroxyl groups excluding tert-OH is 1. The van der Waals surface area contributed by atoms with Gasteiger partial charge in [-0.25, -0.2) is 0 Å². The summed E-state index contributed by atoms with van der Waals surface area (Å²) >= 11 is 0. The zero-order valence-corrected chi connectivity index (χ0v) is 19.8. The van der Waals surface area contributed by atoms with Gasteiger partial charge in [0, 0.05) is 24.0 Å². The average molecular weight is 449 g/mol. The number of likely N-dealkylation sites (tertiary alicyclic amines) is 1. The number of rotatable bonds is 5. The topological polar surface area (TPSA) is 79.7 Å². The SMILES string of the molecule is COc1cc(C)c(/C(O)=C2\C(=O)C(=O)N(C3CCCCC3)C2c2cccnc2)cc1C(C)C. The molecule has 2 fully saturated rings. The van der Waals surface area contributed by atoms with Gasteiger partial charge in [0.25, 0.3) is 11.7 Å². The maximum atomic E-state index is 13.4. The quantitative estimate of drug-likeness (QED) is 0.383. The van der Waals surface area contributed by atoms with Crippen LogP contribution in [0.15, 0.2) is 42.2 Å². The Balaban J connectivity index is 1.91. The van der Waals surface area contributed by atoms with Gasteiger partial charge >= 0.3 is 0 Å². The van der Waals surface area contributed by atoms with Crippen LogP contribution in [0, 0.1) is 6.92 Å². The first kappa shape index (κ1) is 23.0. The van der Waals surface area contributed by atoms with E-state index in [2.05, 4.69) is 18.8 Å². The predicted molar refractivity (Wildman–Crippen MR) is 127 cm³/mol. The predicted octanol–water partition coefficient (Wildman–Crippen LogP) is 5.28. The molecule has 1 atom stereocenters. The van der Waals surface area contributed by atoms with Crippen molar-refractivity contribution in [3.05, 3.63) is 64.5 Å². The van der Waals surface area contributed by atoms with Crippen LogP contribution in [-0.2, 0) is 9.59 Å². The molecule has 1 unspecified atom stereocenters. The van der Waals surface area contributed by atoms with E-state index in [-0.39, 0.29) is 23.3 Å². The number of hydrogen-bond acceptors (Lipinski definition) is 5. The Hall–Kier alpha value is -3.15. The Morgan fingerprint density at radius 1 is 1.18 bits per heavy atom. The van der Waals surface area contributed by atoms with E-state index in [0.29, 0.717) is 5.56 Å². The average Bonchev–Trinajstić information content (AvgIpc) is 3.09.